The smallest absolute Gasteiger partial charge is 0.322 e. The van der Waals surface area contributed by atoms with Crippen LogP contribution in [-0.2, 0) is 6.42 Å². The minimum Gasteiger partial charge on any atom is -0.493 e. The minimum atomic E-state index is -0.285. The first-order valence-electron chi connectivity index (χ1n) is 8.19. The Labute approximate surface area is 140 Å². The molecular formula is C19H19FN2O2. The number of anilines is 1. The number of halogens is 1. The van der Waals surface area contributed by atoms with E-state index in [1.54, 1.807) is 17.0 Å². The van der Waals surface area contributed by atoms with Crippen molar-refractivity contribution in [3.8, 4) is 5.75 Å². The molecule has 2 aliphatic heterocycles. The predicted octanol–water partition coefficient (Wildman–Crippen LogP) is 3.79. The van der Waals surface area contributed by atoms with Crippen molar-refractivity contribution in [3.63, 3.8) is 0 Å². The van der Waals surface area contributed by atoms with Gasteiger partial charge in [-0.15, -0.1) is 0 Å². The van der Waals surface area contributed by atoms with Crippen LogP contribution >= 0.6 is 0 Å². The third-order valence-electron chi connectivity index (χ3n) is 4.62. The molecule has 0 saturated heterocycles. The standard InChI is InChI=1S/C19H19FN2O2/c1-11(2)22-16-10-17-13(7-8-24-17)9-15(16)18(21-19(22)23)12-3-5-14(20)6-4-12/h3-6,9-11,18H,7-8H2,1-2H3,(H,21,23). The molecule has 4 nitrogen and oxygen atoms in total. The molecular weight excluding hydrogens is 307 g/mol. The summed E-state index contributed by atoms with van der Waals surface area (Å²) in [6.07, 6.45) is 0.869. The SMILES string of the molecule is CC(C)N1C(=O)NC(c2ccc(F)cc2)c2cc3c(cc21)OCC3. The fraction of sp³-hybridized carbons (Fsp3) is 0.316. The topological polar surface area (TPSA) is 41.6 Å². The third kappa shape index (κ3) is 2.31. The molecule has 24 heavy (non-hydrogen) atoms. The normalized spacial score (nSPS) is 18.9. The summed E-state index contributed by atoms with van der Waals surface area (Å²) < 4.78 is 18.9. The number of fused-ring (bicyclic) bond motifs is 2. The predicted molar refractivity (Wildman–Crippen MR) is 90.0 cm³/mol. The molecule has 2 aliphatic rings. The van der Waals surface area contributed by atoms with Crippen LogP contribution < -0.4 is 15.0 Å². The maximum Gasteiger partial charge on any atom is 0.322 e. The Kier molecular flexibility index (Phi) is 3.44. The van der Waals surface area contributed by atoms with Gasteiger partial charge in [0.1, 0.15) is 11.6 Å². The fourth-order valence-corrected chi connectivity index (χ4v) is 3.48. The van der Waals surface area contributed by atoms with Gasteiger partial charge in [0, 0.05) is 24.1 Å². The lowest BCUT2D eigenvalue weighted by molar-refractivity contribution is 0.241. The Hall–Kier alpha value is -2.56. The Balaban J connectivity index is 1.88. The van der Waals surface area contributed by atoms with Gasteiger partial charge in [-0.25, -0.2) is 9.18 Å². The van der Waals surface area contributed by atoms with Gasteiger partial charge in [-0.2, -0.15) is 0 Å². The number of nitrogens with one attached hydrogen (secondary N) is 1. The Morgan fingerprint density at radius 3 is 2.71 bits per heavy atom. The molecule has 124 valence electrons. The summed E-state index contributed by atoms with van der Waals surface area (Å²) in [5.41, 5.74) is 3.91. The lowest BCUT2D eigenvalue weighted by Gasteiger charge is -2.38. The van der Waals surface area contributed by atoms with Gasteiger partial charge in [0.2, 0.25) is 0 Å². The molecule has 4 rings (SSSR count). The van der Waals surface area contributed by atoms with Crippen LogP contribution in [-0.4, -0.2) is 18.7 Å². The van der Waals surface area contributed by atoms with Crippen LogP contribution in [0.15, 0.2) is 36.4 Å². The van der Waals surface area contributed by atoms with E-state index in [1.165, 1.54) is 12.1 Å². The van der Waals surface area contributed by atoms with Gasteiger partial charge in [0.15, 0.2) is 0 Å². The molecule has 0 fully saturated rings. The van der Waals surface area contributed by atoms with Crippen molar-refractivity contribution >= 4 is 11.7 Å². The van der Waals surface area contributed by atoms with Crippen molar-refractivity contribution in [2.24, 2.45) is 0 Å². The summed E-state index contributed by atoms with van der Waals surface area (Å²) in [6, 6.07) is 9.96. The van der Waals surface area contributed by atoms with Gasteiger partial charge in [-0.05, 0) is 43.2 Å². The molecule has 2 amide bonds. The van der Waals surface area contributed by atoms with E-state index < -0.39 is 0 Å². The molecule has 1 atom stereocenters. The lowest BCUT2D eigenvalue weighted by atomic mass is 9.92. The van der Waals surface area contributed by atoms with Crippen LogP contribution in [0.2, 0.25) is 0 Å². The fourth-order valence-electron chi connectivity index (χ4n) is 3.48. The second kappa shape index (κ2) is 5.51. The van der Waals surface area contributed by atoms with E-state index in [0.717, 1.165) is 34.5 Å². The van der Waals surface area contributed by atoms with Gasteiger partial charge in [-0.1, -0.05) is 12.1 Å². The zero-order valence-corrected chi connectivity index (χ0v) is 13.7. The Morgan fingerprint density at radius 2 is 2.00 bits per heavy atom. The van der Waals surface area contributed by atoms with E-state index in [-0.39, 0.29) is 23.9 Å². The molecule has 0 spiro atoms. The number of amides is 2. The molecule has 0 aromatic heterocycles. The van der Waals surface area contributed by atoms with Gasteiger partial charge < -0.3 is 10.1 Å². The van der Waals surface area contributed by atoms with Crippen LogP contribution in [0.25, 0.3) is 0 Å². The highest BCUT2D eigenvalue weighted by molar-refractivity contribution is 5.97. The van der Waals surface area contributed by atoms with Crippen molar-refractivity contribution in [2.75, 3.05) is 11.5 Å². The first-order valence-corrected chi connectivity index (χ1v) is 8.19. The van der Waals surface area contributed by atoms with E-state index in [4.69, 9.17) is 4.74 Å². The van der Waals surface area contributed by atoms with E-state index in [1.807, 2.05) is 19.9 Å². The summed E-state index contributed by atoms with van der Waals surface area (Å²) in [4.78, 5) is 14.4. The first-order chi connectivity index (χ1) is 11.5. The number of benzene rings is 2. The Morgan fingerprint density at radius 1 is 1.25 bits per heavy atom. The van der Waals surface area contributed by atoms with Crippen molar-refractivity contribution in [1.29, 1.82) is 0 Å². The molecule has 5 heteroatoms. The van der Waals surface area contributed by atoms with E-state index in [0.29, 0.717) is 6.61 Å². The largest absolute Gasteiger partial charge is 0.493 e. The summed E-state index contributed by atoms with van der Waals surface area (Å²) >= 11 is 0. The molecule has 0 bridgehead atoms. The van der Waals surface area contributed by atoms with Crippen LogP contribution in [0.5, 0.6) is 5.75 Å². The zero-order valence-electron chi connectivity index (χ0n) is 13.7. The highest BCUT2D eigenvalue weighted by Gasteiger charge is 2.34. The quantitative estimate of drug-likeness (QED) is 0.912. The van der Waals surface area contributed by atoms with E-state index in [2.05, 4.69) is 11.4 Å². The summed E-state index contributed by atoms with van der Waals surface area (Å²) in [7, 11) is 0. The minimum absolute atomic E-state index is 0.0253. The van der Waals surface area contributed by atoms with Crippen LogP contribution in [0.1, 0.15) is 36.6 Å². The Bertz CT molecular complexity index is 802. The van der Waals surface area contributed by atoms with E-state index in [9.17, 15) is 9.18 Å². The summed E-state index contributed by atoms with van der Waals surface area (Å²) in [5, 5.41) is 3.05. The highest BCUT2D eigenvalue weighted by Crippen LogP contribution is 2.41. The van der Waals surface area contributed by atoms with Crippen LogP contribution in [0.3, 0.4) is 0 Å². The van der Waals surface area contributed by atoms with E-state index >= 15 is 0 Å². The lowest BCUT2D eigenvalue weighted by Crippen LogP contribution is -2.50. The highest BCUT2D eigenvalue weighted by atomic mass is 19.1. The number of urea groups is 1. The van der Waals surface area contributed by atoms with Crippen LogP contribution in [0.4, 0.5) is 14.9 Å². The molecule has 1 unspecified atom stereocenters. The second-order valence-electron chi connectivity index (χ2n) is 6.52. The molecule has 0 radical (unpaired) electrons. The molecule has 0 aliphatic carbocycles. The number of carbonyl (C=O) groups excluding carboxylic acids is 1. The number of hydrogen-bond acceptors (Lipinski definition) is 2. The maximum atomic E-state index is 13.3. The number of rotatable bonds is 2. The maximum absolute atomic E-state index is 13.3. The van der Waals surface area contributed by atoms with Crippen molar-refractivity contribution in [3.05, 3.63) is 58.9 Å². The van der Waals surface area contributed by atoms with Gasteiger partial charge in [-0.3, -0.25) is 4.90 Å². The van der Waals surface area contributed by atoms with Crippen molar-refractivity contribution in [1.82, 2.24) is 5.32 Å². The summed E-state index contributed by atoms with van der Waals surface area (Å²) in [6.45, 7) is 4.63. The average Bonchev–Trinajstić information content (AvgIpc) is 3.00. The number of carbonyl (C=O) groups is 1. The number of ether oxygens (including phenoxy) is 1. The van der Waals surface area contributed by atoms with Crippen molar-refractivity contribution < 1.29 is 13.9 Å². The molecule has 1 N–H and O–H groups in total. The first kappa shape index (κ1) is 15.0. The molecule has 2 aromatic rings. The zero-order chi connectivity index (χ0) is 16.8. The second-order valence-corrected chi connectivity index (χ2v) is 6.52. The molecule has 2 heterocycles. The number of hydrogen-bond donors (Lipinski definition) is 1. The van der Waals surface area contributed by atoms with Gasteiger partial charge in [0.25, 0.3) is 0 Å². The monoisotopic (exact) mass is 326 g/mol. The van der Waals surface area contributed by atoms with Gasteiger partial charge >= 0.3 is 6.03 Å². The van der Waals surface area contributed by atoms with Crippen molar-refractivity contribution in [2.45, 2.75) is 32.4 Å². The third-order valence-corrected chi connectivity index (χ3v) is 4.62. The van der Waals surface area contributed by atoms with Crippen LogP contribution in [0, 0.1) is 5.82 Å². The molecule has 0 saturated carbocycles. The van der Waals surface area contributed by atoms with Gasteiger partial charge in [0.05, 0.1) is 18.3 Å². The summed E-state index contributed by atoms with van der Waals surface area (Å²) in [5.74, 6) is 0.569. The average molecular weight is 326 g/mol. The number of nitrogens with zero attached hydrogens (tertiary/aromatic N) is 1. The molecule has 2 aromatic carbocycles.